The lowest BCUT2D eigenvalue weighted by Crippen LogP contribution is -2.33. The third kappa shape index (κ3) is 4.74. The van der Waals surface area contributed by atoms with Gasteiger partial charge in [-0.3, -0.25) is 4.55 Å². The molecule has 0 aliphatic rings. The number of pyridine rings is 1. The molecule has 0 bridgehead atoms. The van der Waals surface area contributed by atoms with Crippen molar-refractivity contribution in [1.82, 2.24) is 4.98 Å². The maximum atomic E-state index is 10.7. The molecule has 130 valence electrons. The van der Waals surface area contributed by atoms with E-state index in [-0.39, 0.29) is 5.75 Å². The van der Waals surface area contributed by atoms with E-state index in [1.165, 1.54) is 5.56 Å². The van der Waals surface area contributed by atoms with Crippen LogP contribution in [0.25, 0.3) is 22.8 Å². The molecule has 0 aliphatic carbocycles. The van der Waals surface area contributed by atoms with E-state index in [1.807, 2.05) is 60.3 Å². The fourth-order valence-electron chi connectivity index (χ4n) is 2.44. The van der Waals surface area contributed by atoms with Crippen molar-refractivity contribution in [2.45, 2.75) is 19.9 Å². The predicted molar refractivity (Wildman–Crippen MR) is 93.3 cm³/mol. The molecular weight excluding hydrogens is 340 g/mol. The smallest absolute Gasteiger partial charge is 0.265 e. The van der Waals surface area contributed by atoms with Crippen LogP contribution < -0.4 is 4.57 Å². The summed E-state index contributed by atoms with van der Waals surface area (Å²) in [7, 11) is -3.91. The summed E-state index contributed by atoms with van der Waals surface area (Å²) in [6, 6.07) is 11.8. The molecule has 7 heteroatoms. The molecule has 0 unspecified atom stereocenters. The third-order valence-corrected chi connectivity index (χ3v) is 4.60. The topological polar surface area (TPSA) is 84.3 Å². The van der Waals surface area contributed by atoms with Gasteiger partial charge in [-0.25, -0.2) is 9.55 Å². The van der Waals surface area contributed by atoms with Crippen LogP contribution in [0.2, 0.25) is 0 Å². The second-order valence-corrected chi connectivity index (χ2v) is 7.43. The molecular formula is C18H19N2O4S+. The van der Waals surface area contributed by atoms with E-state index in [0.29, 0.717) is 24.6 Å². The molecule has 0 amide bonds. The van der Waals surface area contributed by atoms with Gasteiger partial charge in [-0.1, -0.05) is 29.8 Å². The van der Waals surface area contributed by atoms with E-state index in [0.717, 1.165) is 11.1 Å². The second-order valence-electron chi connectivity index (χ2n) is 5.86. The minimum Gasteiger partial charge on any atom is -0.436 e. The number of benzene rings is 1. The predicted octanol–water partition coefficient (Wildman–Crippen LogP) is 2.88. The Balaban J connectivity index is 1.69. The maximum absolute atomic E-state index is 10.7. The first kappa shape index (κ1) is 17.3. The fraction of sp³-hybridized carbons (Fsp3) is 0.222. The van der Waals surface area contributed by atoms with Crippen LogP contribution in [-0.4, -0.2) is 23.7 Å². The fourth-order valence-corrected chi connectivity index (χ4v) is 2.93. The van der Waals surface area contributed by atoms with Crippen molar-refractivity contribution in [1.29, 1.82) is 0 Å². The van der Waals surface area contributed by atoms with E-state index >= 15 is 0 Å². The number of oxazole rings is 1. The van der Waals surface area contributed by atoms with Gasteiger partial charge in [-0.15, -0.1) is 0 Å². The van der Waals surface area contributed by atoms with Crippen LogP contribution in [0.1, 0.15) is 12.0 Å². The van der Waals surface area contributed by atoms with Crippen LogP contribution in [0.3, 0.4) is 0 Å². The van der Waals surface area contributed by atoms with Gasteiger partial charge in [0.1, 0.15) is 6.54 Å². The molecule has 0 saturated heterocycles. The third-order valence-electron chi connectivity index (χ3n) is 3.80. The summed E-state index contributed by atoms with van der Waals surface area (Å²) in [5, 5.41) is 0. The van der Waals surface area contributed by atoms with E-state index < -0.39 is 10.1 Å². The van der Waals surface area contributed by atoms with Gasteiger partial charge >= 0.3 is 0 Å². The highest BCUT2D eigenvalue weighted by Crippen LogP contribution is 2.25. The second kappa shape index (κ2) is 7.16. The lowest BCUT2D eigenvalue weighted by atomic mass is 10.1. The summed E-state index contributed by atoms with van der Waals surface area (Å²) in [6.45, 7) is 2.53. The molecule has 3 aromatic rings. The summed E-state index contributed by atoms with van der Waals surface area (Å²) in [5.41, 5.74) is 3.00. The number of hydrogen-bond donors (Lipinski definition) is 1. The Hall–Kier alpha value is -2.51. The molecule has 1 aromatic carbocycles. The highest BCUT2D eigenvalue weighted by atomic mass is 32.2. The van der Waals surface area contributed by atoms with Gasteiger partial charge < -0.3 is 4.42 Å². The number of nitrogens with zero attached hydrogens (tertiary/aromatic N) is 2. The minimum atomic E-state index is -3.91. The Bertz CT molecular complexity index is 946. The van der Waals surface area contributed by atoms with Crippen molar-refractivity contribution in [2.75, 3.05) is 5.75 Å². The van der Waals surface area contributed by atoms with Crippen molar-refractivity contribution in [3.63, 3.8) is 0 Å². The first-order valence-corrected chi connectivity index (χ1v) is 9.49. The Morgan fingerprint density at radius 2 is 1.76 bits per heavy atom. The zero-order chi connectivity index (χ0) is 17.9. The Morgan fingerprint density at radius 3 is 2.40 bits per heavy atom. The molecule has 3 rings (SSSR count). The molecule has 0 radical (unpaired) electrons. The molecule has 2 aromatic heterocycles. The summed E-state index contributed by atoms with van der Waals surface area (Å²) in [4.78, 5) is 4.32. The van der Waals surface area contributed by atoms with Gasteiger partial charge in [0.15, 0.2) is 18.2 Å². The average Bonchev–Trinajstić information content (AvgIpc) is 3.05. The standard InChI is InChI=1S/C18H18N2O4S/c1-14-3-5-15(6-4-14)17-13-19-18(24-17)16-7-10-20(11-8-16)9-2-12-25(21,22)23/h3-8,10-11,13H,2,9,12H2,1H3/p+1. The molecule has 25 heavy (non-hydrogen) atoms. The van der Waals surface area contributed by atoms with Crippen molar-refractivity contribution in [3.8, 4) is 22.8 Å². The van der Waals surface area contributed by atoms with Crippen LogP contribution in [0, 0.1) is 6.92 Å². The first-order chi connectivity index (χ1) is 11.9. The highest BCUT2D eigenvalue weighted by molar-refractivity contribution is 7.85. The summed E-state index contributed by atoms with van der Waals surface area (Å²) in [6.07, 6.45) is 5.71. The van der Waals surface area contributed by atoms with Crippen LogP contribution in [0.5, 0.6) is 0 Å². The zero-order valence-electron chi connectivity index (χ0n) is 13.8. The normalized spacial score (nSPS) is 11.6. The molecule has 6 nitrogen and oxygen atoms in total. The first-order valence-electron chi connectivity index (χ1n) is 7.88. The number of aromatic nitrogens is 2. The average molecular weight is 359 g/mol. The van der Waals surface area contributed by atoms with E-state index in [1.54, 1.807) is 6.20 Å². The number of hydrogen-bond acceptors (Lipinski definition) is 4. The lowest BCUT2D eigenvalue weighted by Gasteiger charge is -1.99. The van der Waals surface area contributed by atoms with Crippen LogP contribution in [-0.2, 0) is 16.7 Å². The van der Waals surface area contributed by atoms with Crippen molar-refractivity contribution >= 4 is 10.1 Å². The molecule has 0 atom stereocenters. The number of rotatable bonds is 6. The maximum Gasteiger partial charge on any atom is 0.265 e. The minimum absolute atomic E-state index is 0.249. The van der Waals surface area contributed by atoms with Crippen molar-refractivity contribution in [2.24, 2.45) is 0 Å². The molecule has 0 spiro atoms. The van der Waals surface area contributed by atoms with Crippen LogP contribution in [0.4, 0.5) is 0 Å². The van der Waals surface area contributed by atoms with Gasteiger partial charge in [0.05, 0.1) is 11.9 Å². The van der Waals surface area contributed by atoms with Gasteiger partial charge in [0.25, 0.3) is 10.1 Å². The SMILES string of the molecule is Cc1ccc(-c2cnc(-c3cc[n+](CCCS(=O)(=O)O)cc3)o2)cc1. The van der Waals surface area contributed by atoms with Crippen LogP contribution in [0.15, 0.2) is 59.4 Å². The lowest BCUT2D eigenvalue weighted by molar-refractivity contribution is -0.696. The van der Waals surface area contributed by atoms with Crippen LogP contribution >= 0.6 is 0 Å². The van der Waals surface area contributed by atoms with Gasteiger partial charge in [0.2, 0.25) is 5.89 Å². The zero-order valence-corrected chi connectivity index (χ0v) is 14.6. The summed E-state index contributed by atoms with van der Waals surface area (Å²) >= 11 is 0. The largest absolute Gasteiger partial charge is 0.436 e. The summed E-state index contributed by atoms with van der Waals surface area (Å²) in [5.74, 6) is 0.988. The van der Waals surface area contributed by atoms with Crippen molar-refractivity contribution in [3.05, 3.63) is 60.6 Å². The Labute approximate surface area is 146 Å². The monoisotopic (exact) mass is 359 g/mol. The quantitative estimate of drug-likeness (QED) is 0.540. The van der Waals surface area contributed by atoms with E-state index in [9.17, 15) is 8.42 Å². The van der Waals surface area contributed by atoms with Gasteiger partial charge in [-0.2, -0.15) is 8.42 Å². The van der Waals surface area contributed by atoms with E-state index in [2.05, 4.69) is 4.98 Å². The molecule has 0 fully saturated rings. The molecule has 0 aliphatic heterocycles. The molecule has 1 N–H and O–H groups in total. The van der Waals surface area contributed by atoms with Crippen molar-refractivity contribution < 1.29 is 22.0 Å². The van der Waals surface area contributed by atoms with Gasteiger partial charge in [0, 0.05) is 29.7 Å². The molecule has 0 saturated carbocycles. The number of aryl methyl sites for hydroxylation is 2. The Morgan fingerprint density at radius 1 is 1.08 bits per heavy atom. The highest BCUT2D eigenvalue weighted by Gasteiger charge is 2.11. The Kier molecular flexibility index (Phi) is 4.96. The van der Waals surface area contributed by atoms with E-state index in [4.69, 9.17) is 8.97 Å². The van der Waals surface area contributed by atoms with Gasteiger partial charge in [-0.05, 0) is 6.92 Å². The molecule has 2 heterocycles. The summed E-state index contributed by atoms with van der Waals surface area (Å²) < 4.78 is 37.9.